The molecule has 2 aromatic rings. The lowest BCUT2D eigenvalue weighted by molar-refractivity contribution is -0.120. The number of aryl methyl sites for hydroxylation is 1. The monoisotopic (exact) mass is 439 g/mol. The summed E-state index contributed by atoms with van der Waals surface area (Å²) in [5.41, 5.74) is 1.49. The number of amides is 2. The van der Waals surface area contributed by atoms with Crippen molar-refractivity contribution in [1.29, 1.82) is 0 Å². The molecule has 1 heterocycles. The van der Waals surface area contributed by atoms with Gasteiger partial charge in [0.15, 0.2) is 0 Å². The summed E-state index contributed by atoms with van der Waals surface area (Å²) in [6.45, 7) is 1.81. The summed E-state index contributed by atoms with van der Waals surface area (Å²) in [4.78, 5) is 25.5. The molecule has 28 heavy (non-hydrogen) atoms. The average molecular weight is 440 g/mol. The number of benzene rings is 2. The first-order chi connectivity index (χ1) is 13.2. The van der Waals surface area contributed by atoms with Crippen molar-refractivity contribution in [2.24, 2.45) is 5.14 Å². The summed E-state index contributed by atoms with van der Waals surface area (Å²) >= 11 is 7.20. The predicted molar refractivity (Wildman–Crippen MR) is 110 cm³/mol. The Morgan fingerprint density at radius 3 is 2.71 bits per heavy atom. The van der Waals surface area contributed by atoms with Gasteiger partial charge in [-0.25, -0.2) is 13.6 Å². The van der Waals surface area contributed by atoms with Crippen LogP contribution in [-0.2, 0) is 26.0 Å². The molecule has 10 heteroatoms. The molecule has 0 aromatic heterocycles. The lowest BCUT2D eigenvalue weighted by atomic mass is 10.1. The molecule has 0 radical (unpaired) electrons. The van der Waals surface area contributed by atoms with Crippen molar-refractivity contribution in [2.75, 3.05) is 10.6 Å². The molecular weight excluding hydrogens is 422 g/mol. The van der Waals surface area contributed by atoms with Gasteiger partial charge in [-0.15, -0.1) is 11.8 Å². The number of carbonyl (C=O) groups excluding carboxylic acids is 2. The third kappa shape index (κ3) is 4.67. The van der Waals surface area contributed by atoms with E-state index in [1.165, 1.54) is 17.8 Å². The van der Waals surface area contributed by atoms with Gasteiger partial charge in [0, 0.05) is 22.0 Å². The molecule has 0 aliphatic carbocycles. The van der Waals surface area contributed by atoms with E-state index >= 15 is 0 Å². The minimum absolute atomic E-state index is 0.0246. The minimum Gasteiger partial charge on any atom is -0.326 e. The number of carbonyl (C=O) groups is 2. The molecule has 1 aliphatic heterocycles. The Hall–Kier alpha value is -2.07. The Morgan fingerprint density at radius 1 is 1.29 bits per heavy atom. The van der Waals surface area contributed by atoms with Crippen molar-refractivity contribution >= 4 is 56.6 Å². The molecule has 0 saturated carbocycles. The number of thioether (sulfide) groups is 1. The Morgan fingerprint density at radius 2 is 2.04 bits per heavy atom. The molecular formula is C18H18ClN3O4S2. The Kier molecular flexibility index (Phi) is 5.99. The molecule has 1 aliphatic rings. The molecule has 1 atom stereocenters. The number of nitrogens with two attached hydrogens (primary N) is 1. The predicted octanol–water partition coefficient (Wildman–Crippen LogP) is 2.99. The van der Waals surface area contributed by atoms with E-state index in [1.807, 2.05) is 6.92 Å². The van der Waals surface area contributed by atoms with Gasteiger partial charge in [-0.2, -0.15) is 0 Å². The number of rotatable bonds is 5. The fourth-order valence-electron chi connectivity index (χ4n) is 2.83. The quantitative estimate of drug-likeness (QED) is 0.661. The second-order valence-electron chi connectivity index (χ2n) is 6.21. The van der Waals surface area contributed by atoms with E-state index in [1.54, 1.807) is 30.3 Å². The fourth-order valence-corrected chi connectivity index (χ4v) is 4.96. The van der Waals surface area contributed by atoms with E-state index in [2.05, 4.69) is 10.6 Å². The van der Waals surface area contributed by atoms with Gasteiger partial charge >= 0.3 is 0 Å². The lowest BCUT2D eigenvalue weighted by Crippen LogP contribution is -2.32. The second kappa shape index (κ2) is 8.12. The second-order valence-corrected chi connectivity index (χ2v) is 9.42. The molecule has 4 N–H and O–H groups in total. The van der Waals surface area contributed by atoms with E-state index in [9.17, 15) is 18.0 Å². The summed E-state index contributed by atoms with van der Waals surface area (Å²) in [5, 5.41) is 10.5. The highest BCUT2D eigenvalue weighted by molar-refractivity contribution is 8.01. The molecule has 0 bridgehead atoms. The largest absolute Gasteiger partial charge is 0.326 e. The number of sulfonamides is 1. The van der Waals surface area contributed by atoms with Crippen LogP contribution in [0, 0.1) is 0 Å². The van der Waals surface area contributed by atoms with Crippen LogP contribution in [-0.4, -0.2) is 25.5 Å². The van der Waals surface area contributed by atoms with Gasteiger partial charge in [0.25, 0.3) is 0 Å². The summed E-state index contributed by atoms with van der Waals surface area (Å²) in [7, 11) is -3.91. The topological polar surface area (TPSA) is 118 Å². The first-order valence-corrected chi connectivity index (χ1v) is 11.2. The van der Waals surface area contributed by atoms with Gasteiger partial charge < -0.3 is 10.6 Å². The minimum atomic E-state index is -3.91. The van der Waals surface area contributed by atoms with Crippen molar-refractivity contribution in [1.82, 2.24) is 0 Å². The van der Waals surface area contributed by atoms with E-state index in [0.29, 0.717) is 28.4 Å². The number of fused-ring (bicyclic) bond motifs is 1. The molecule has 2 aromatic carbocycles. The zero-order valence-electron chi connectivity index (χ0n) is 14.9. The zero-order chi connectivity index (χ0) is 20.5. The number of hydrogen-bond acceptors (Lipinski definition) is 5. The molecule has 0 fully saturated rings. The third-order valence-corrected chi connectivity index (χ3v) is 6.67. The summed E-state index contributed by atoms with van der Waals surface area (Å²) in [5.74, 6) is -0.698. The van der Waals surface area contributed by atoms with Gasteiger partial charge in [0.05, 0.1) is 15.8 Å². The number of primary sulfonamides is 1. The highest BCUT2D eigenvalue weighted by Gasteiger charge is 2.29. The Balaban J connectivity index is 1.72. The van der Waals surface area contributed by atoms with Gasteiger partial charge in [0.2, 0.25) is 21.8 Å². The van der Waals surface area contributed by atoms with Crippen LogP contribution in [0.3, 0.4) is 0 Å². The van der Waals surface area contributed by atoms with Crippen LogP contribution in [0.25, 0.3) is 0 Å². The summed E-state index contributed by atoms with van der Waals surface area (Å²) < 4.78 is 23.5. The highest BCUT2D eigenvalue weighted by Crippen LogP contribution is 2.38. The van der Waals surface area contributed by atoms with Crippen molar-refractivity contribution in [3.05, 3.63) is 47.0 Å². The Bertz CT molecular complexity index is 1060. The highest BCUT2D eigenvalue weighted by atomic mass is 35.5. The van der Waals surface area contributed by atoms with Gasteiger partial charge in [-0.1, -0.05) is 24.6 Å². The van der Waals surface area contributed by atoms with Crippen LogP contribution in [0.2, 0.25) is 5.02 Å². The molecule has 148 valence electrons. The maximum atomic E-state index is 12.4. The molecule has 0 spiro atoms. The molecule has 3 rings (SSSR count). The van der Waals surface area contributed by atoms with Gasteiger partial charge in [-0.05, 0) is 42.3 Å². The molecule has 0 saturated heterocycles. The van der Waals surface area contributed by atoms with E-state index < -0.39 is 21.2 Å². The smallest absolute Gasteiger partial charge is 0.238 e. The zero-order valence-corrected chi connectivity index (χ0v) is 17.2. The average Bonchev–Trinajstić information content (AvgIpc) is 2.61. The van der Waals surface area contributed by atoms with Gasteiger partial charge in [-0.3, -0.25) is 9.59 Å². The lowest BCUT2D eigenvalue weighted by Gasteiger charge is -2.23. The fraction of sp³-hybridized carbons (Fsp3) is 0.222. The van der Waals surface area contributed by atoms with Crippen LogP contribution in [0.15, 0.2) is 46.2 Å². The summed E-state index contributed by atoms with van der Waals surface area (Å²) in [6.07, 6.45) is 0.418. The van der Waals surface area contributed by atoms with E-state index in [0.717, 1.165) is 4.90 Å². The van der Waals surface area contributed by atoms with E-state index in [4.69, 9.17) is 16.7 Å². The molecule has 1 unspecified atom stereocenters. The summed E-state index contributed by atoms with van der Waals surface area (Å²) in [6, 6.07) is 9.70. The number of hydrogen-bond donors (Lipinski definition) is 3. The van der Waals surface area contributed by atoms with Crippen LogP contribution >= 0.6 is 23.4 Å². The maximum absolute atomic E-state index is 12.4. The number of halogens is 1. The van der Waals surface area contributed by atoms with Crippen molar-refractivity contribution in [2.45, 2.75) is 34.8 Å². The van der Waals surface area contributed by atoms with Crippen molar-refractivity contribution in [3.8, 4) is 0 Å². The van der Waals surface area contributed by atoms with E-state index in [-0.39, 0.29) is 17.2 Å². The normalized spacial score (nSPS) is 16.2. The van der Waals surface area contributed by atoms with Crippen LogP contribution in [0.4, 0.5) is 11.4 Å². The van der Waals surface area contributed by atoms with Crippen LogP contribution in [0.5, 0.6) is 0 Å². The van der Waals surface area contributed by atoms with Gasteiger partial charge in [0.1, 0.15) is 0 Å². The third-order valence-electron chi connectivity index (χ3n) is 4.17. The first kappa shape index (κ1) is 20.7. The molecule has 2 amide bonds. The van der Waals surface area contributed by atoms with Crippen molar-refractivity contribution < 1.29 is 18.0 Å². The maximum Gasteiger partial charge on any atom is 0.238 e. The van der Waals surface area contributed by atoms with Crippen LogP contribution < -0.4 is 15.8 Å². The first-order valence-electron chi connectivity index (χ1n) is 8.40. The SMILES string of the molecule is CCc1ccc(NC(=O)CC2Sc3ccc(Cl)cc3NC2=O)cc1S(N)(=O)=O. The Labute approximate surface area is 172 Å². The molecule has 7 nitrogen and oxygen atoms in total. The van der Waals surface area contributed by atoms with Crippen LogP contribution in [0.1, 0.15) is 18.9 Å². The number of anilines is 2. The standard InChI is InChI=1S/C18H18ClN3O4S2/c1-2-10-3-5-12(8-16(10)28(20,25)26)21-17(23)9-15-18(24)22-13-7-11(19)4-6-14(13)27-15/h3-8,15H,2,9H2,1H3,(H,21,23)(H,22,24)(H2,20,25,26). The number of nitrogens with one attached hydrogen (secondary N) is 2. The van der Waals surface area contributed by atoms with Crippen molar-refractivity contribution in [3.63, 3.8) is 0 Å².